The molecule has 2 aromatic rings. The number of aromatic hydroxyl groups is 1. The van der Waals surface area contributed by atoms with Crippen molar-refractivity contribution < 1.29 is 24.2 Å². The molecule has 3 amide bonds. The Balaban J connectivity index is 1.69. The van der Waals surface area contributed by atoms with Gasteiger partial charge in [-0.1, -0.05) is 41.4 Å². The summed E-state index contributed by atoms with van der Waals surface area (Å²) in [7, 11) is 0. The standard InChI is InChI=1S/C27H34ClN3O5/c1-16-7-6-8-18(11-16)20-13-22(31(15-20)26(35)36-27(3,4)5)25(34)30-17(2)24(33)29-14-19-12-21(28)9-10-23(19)32/h6-12,17,20,22,32H,13-15H2,1-5H3,(H,29,33)(H,30,34)/t17-,20+,22+/m0/s1. The average Bonchev–Trinajstić information content (AvgIpc) is 3.24. The predicted octanol–water partition coefficient (Wildman–Crippen LogP) is 4.27. The van der Waals surface area contributed by atoms with Gasteiger partial charge in [-0.15, -0.1) is 0 Å². The van der Waals surface area contributed by atoms with Crippen LogP contribution in [0.3, 0.4) is 0 Å². The summed E-state index contributed by atoms with van der Waals surface area (Å²) >= 11 is 5.96. The van der Waals surface area contributed by atoms with Crippen molar-refractivity contribution in [1.82, 2.24) is 15.5 Å². The van der Waals surface area contributed by atoms with Crippen LogP contribution in [0, 0.1) is 6.92 Å². The molecular formula is C27H34ClN3O5. The number of benzene rings is 2. The SMILES string of the molecule is Cc1cccc([C@@H]2C[C@H](C(=O)N[C@@H](C)C(=O)NCc3cc(Cl)ccc3O)N(C(=O)OC(C)(C)C)C2)c1. The van der Waals surface area contributed by atoms with E-state index in [4.69, 9.17) is 16.3 Å². The van der Waals surface area contributed by atoms with E-state index in [9.17, 15) is 19.5 Å². The zero-order valence-electron chi connectivity index (χ0n) is 21.3. The van der Waals surface area contributed by atoms with E-state index in [0.29, 0.717) is 23.6 Å². The van der Waals surface area contributed by atoms with Crippen LogP contribution in [-0.2, 0) is 20.9 Å². The maximum absolute atomic E-state index is 13.3. The van der Waals surface area contributed by atoms with Gasteiger partial charge in [0.15, 0.2) is 0 Å². The number of ether oxygens (including phenoxy) is 1. The number of amides is 3. The van der Waals surface area contributed by atoms with E-state index in [1.165, 1.54) is 11.0 Å². The highest BCUT2D eigenvalue weighted by Crippen LogP contribution is 2.33. The van der Waals surface area contributed by atoms with Crippen LogP contribution in [0.2, 0.25) is 5.02 Å². The maximum atomic E-state index is 13.3. The first kappa shape index (κ1) is 27.3. The van der Waals surface area contributed by atoms with Crippen LogP contribution in [0.4, 0.5) is 4.79 Å². The lowest BCUT2D eigenvalue weighted by atomic mass is 9.95. The first-order valence-corrected chi connectivity index (χ1v) is 12.3. The van der Waals surface area contributed by atoms with Gasteiger partial charge < -0.3 is 20.5 Å². The van der Waals surface area contributed by atoms with E-state index < -0.39 is 35.6 Å². The summed E-state index contributed by atoms with van der Waals surface area (Å²) in [5.74, 6) is -0.885. The predicted molar refractivity (Wildman–Crippen MR) is 138 cm³/mol. The van der Waals surface area contributed by atoms with Crippen LogP contribution in [0.15, 0.2) is 42.5 Å². The highest BCUT2D eigenvalue weighted by molar-refractivity contribution is 6.30. The minimum Gasteiger partial charge on any atom is -0.508 e. The third-order valence-electron chi connectivity index (χ3n) is 5.99. The molecule has 0 aliphatic carbocycles. The molecule has 0 radical (unpaired) electrons. The number of aryl methyl sites for hydroxylation is 1. The summed E-state index contributed by atoms with van der Waals surface area (Å²) in [6.45, 7) is 9.28. The quantitative estimate of drug-likeness (QED) is 0.532. The van der Waals surface area contributed by atoms with Crippen LogP contribution in [0.5, 0.6) is 5.75 Å². The molecule has 0 spiro atoms. The summed E-state index contributed by atoms with van der Waals surface area (Å²) in [5, 5.41) is 15.8. The number of nitrogens with one attached hydrogen (secondary N) is 2. The molecule has 2 aromatic carbocycles. The molecule has 0 unspecified atom stereocenters. The Hall–Kier alpha value is -3.26. The summed E-state index contributed by atoms with van der Waals surface area (Å²) < 4.78 is 5.56. The molecule has 3 N–H and O–H groups in total. The van der Waals surface area contributed by atoms with E-state index in [-0.39, 0.29) is 18.2 Å². The molecule has 1 fully saturated rings. The molecule has 9 heteroatoms. The van der Waals surface area contributed by atoms with Crippen LogP contribution in [0.1, 0.15) is 56.7 Å². The second kappa shape index (κ2) is 11.2. The van der Waals surface area contributed by atoms with Gasteiger partial charge in [0.05, 0.1) is 0 Å². The van der Waals surface area contributed by atoms with Crippen molar-refractivity contribution in [2.45, 2.75) is 71.2 Å². The molecule has 3 atom stereocenters. The Bertz CT molecular complexity index is 1130. The molecule has 1 heterocycles. The van der Waals surface area contributed by atoms with Gasteiger partial charge in [0.2, 0.25) is 11.8 Å². The fourth-order valence-corrected chi connectivity index (χ4v) is 4.37. The minimum atomic E-state index is -0.864. The molecule has 0 bridgehead atoms. The molecule has 0 aromatic heterocycles. The van der Waals surface area contributed by atoms with E-state index >= 15 is 0 Å². The lowest BCUT2D eigenvalue weighted by Crippen LogP contribution is -2.52. The van der Waals surface area contributed by atoms with Crippen molar-refractivity contribution in [2.75, 3.05) is 6.54 Å². The summed E-state index contributed by atoms with van der Waals surface area (Å²) in [4.78, 5) is 40.3. The molecule has 8 nitrogen and oxygen atoms in total. The molecule has 3 rings (SSSR count). The highest BCUT2D eigenvalue weighted by Gasteiger charge is 2.42. The van der Waals surface area contributed by atoms with Crippen LogP contribution >= 0.6 is 11.6 Å². The third-order valence-corrected chi connectivity index (χ3v) is 6.23. The number of nitrogens with zero attached hydrogens (tertiary/aromatic N) is 1. The van der Waals surface area contributed by atoms with Gasteiger partial charge in [-0.2, -0.15) is 0 Å². The smallest absolute Gasteiger partial charge is 0.410 e. The zero-order valence-corrected chi connectivity index (χ0v) is 22.1. The molecule has 0 saturated carbocycles. The Kier molecular flexibility index (Phi) is 8.51. The van der Waals surface area contributed by atoms with Crippen molar-refractivity contribution in [1.29, 1.82) is 0 Å². The Morgan fingerprint density at radius 2 is 1.92 bits per heavy atom. The van der Waals surface area contributed by atoms with Crippen LogP contribution in [0.25, 0.3) is 0 Å². The fraction of sp³-hybridized carbons (Fsp3) is 0.444. The summed E-state index contributed by atoms with van der Waals surface area (Å²) in [6.07, 6.45) is -0.148. The van der Waals surface area contributed by atoms with Crippen molar-refractivity contribution >= 4 is 29.5 Å². The number of phenols is 1. The second-order valence-electron chi connectivity index (χ2n) is 10.2. The van der Waals surface area contributed by atoms with Gasteiger partial charge in [0, 0.05) is 29.6 Å². The normalized spacial score (nSPS) is 18.4. The number of likely N-dealkylation sites (tertiary alicyclic amines) is 1. The van der Waals surface area contributed by atoms with Crippen molar-refractivity contribution in [3.8, 4) is 5.75 Å². The number of halogens is 1. The van der Waals surface area contributed by atoms with Crippen LogP contribution in [-0.4, -0.2) is 52.1 Å². The number of carbonyl (C=O) groups excluding carboxylic acids is 3. The summed E-state index contributed by atoms with van der Waals surface area (Å²) in [6, 6.07) is 10.9. The fourth-order valence-electron chi connectivity index (χ4n) is 4.18. The third kappa shape index (κ3) is 7.13. The van der Waals surface area contributed by atoms with Gasteiger partial charge in [-0.25, -0.2) is 4.79 Å². The first-order valence-electron chi connectivity index (χ1n) is 12.0. The molecule has 1 aliphatic rings. The molecule has 1 saturated heterocycles. The van der Waals surface area contributed by atoms with Crippen molar-refractivity contribution in [3.05, 3.63) is 64.2 Å². The lowest BCUT2D eigenvalue weighted by molar-refractivity contribution is -0.131. The van der Waals surface area contributed by atoms with Crippen molar-refractivity contribution in [2.24, 2.45) is 0 Å². The largest absolute Gasteiger partial charge is 0.508 e. The topological polar surface area (TPSA) is 108 Å². The molecule has 36 heavy (non-hydrogen) atoms. The van der Waals surface area contributed by atoms with Gasteiger partial charge in [-0.05, 0) is 64.8 Å². The lowest BCUT2D eigenvalue weighted by Gasteiger charge is -2.28. The van der Waals surface area contributed by atoms with Crippen LogP contribution < -0.4 is 10.6 Å². The van der Waals surface area contributed by atoms with Gasteiger partial charge in [-0.3, -0.25) is 14.5 Å². The monoisotopic (exact) mass is 515 g/mol. The second-order valence-corrected chi connectivity index (χ2v) is 10.7. The maximum Gasteiger partial charge on any atom is 0.410 e. The Morgan fingerprint density at radius 1 is 1.19 bits per heavy atom. The molecular weight excluding hydrogens is 482 g/mol. The number of hydrogen-bond donors (Lipinski definition) is 3. The first-order chi connectivity index (χ1) is 16.8. The molecule has 1 aliphatic heterocycles. The van der Waals surface area contributed by atoms with E-state index in [0.717, 1.165) is 11.1 Å². The minimum absolute atomic E-state index is 0.0116. The number of hydrogen-bond acceptors (Lipinski definition) is 5. The number of carbonyl (C=O) groups is 3. The Labute approximate surface area is 217 Å². The summed E-state index contributed by atoms with van der Waals surface area (Å²) in [5.41, 5.74) is 1.90. The van der Waals surface area contributed by atoms with Gasteiger partial charge in [0.25, 0.3) is 0 Å². The van der Waals surface area contributed by atoms with Crippen molar-refractivity contribution in [3.63, 3.8) is 0 Å². The molecule has 194 valence electrons. The van der Waals surface area contributed by atoms with E-state index in [2.05, 4.69) is 16.7 Å². The average molecular weight is 516 g/mol. The number of rotatable bonds is 6. The number of phenolic OH excluding ortho intramolecular Hbond substituents is 1. The zero-order chi connectivity index (χ0) is 26.6. The highest BCUT2D eigenvalue weighted by atomic mass is 35.5. The van der Waals surface area contributed by atoms with E-state index in [1.807, 2.05) is 25.1 Å². The Morgan fingerprint density at radius 3 is 2.58 bits per heavy atom. The van der Waals surface area contributed by atoms with Gasteiger partial charge in [0.1, 0.15) is 23.4 Å². The van der Waals surface area contributed by atoms with E-state index in [1.54, 1.807) is 39.8 Å². The van der Waals surface area contributed by atoms with Gasteiger partial charge >= 0.3 is 6.09 Å².